The first kappa shape index (κ1) is 14.6. The summed E-state index contributed by atoms with van der Waals surface area (Å²) in [5.74, 6) is 0.634. The van der Waals surface area contributed by atoms with Gasteiger partial charge in [0.05, 0.1) is 0 Å². The molecule has 106 valence electrons. The molecule has 1 aliphatic carbocycles. The van der Waals surface area contributed by atoms with Gasteiger partial charge in [-0.25, -0.2) is 0 Å². The van der Waals surface area contributed by atoms with Crippen LogP contribution in [0, 0.1) is 5.41 Å². The molecule has 19 heavy (non-hydrogen) atoms. The number of rotatable bonds is 5. The van der Waals surface area contributed by atoms with Crippen LogP contribution in [0.25, 0.3) is 0 Å². The number of benzene rings is 1. The third-order valence-electron chi connectivity index (χ3n) is 4.69. The molecular weight excluding hydrogens is 230 g/mol. The molecule has 1 nitrogen and oxygen atoms in total. The Balaban J connectivity index is 2.08. The first-order valence-electron chi connectivity index (χ1n) is 7.89. The highest BCUT2D eigenvalue weighted by molar-refractivity contribution is 5.25. The SMILES string of the molecule is CNCC1(Cc2ccc(C(C)C)cc2)CCCCC1. The Labute approximate surface area is 118 Å². The van der Waals surface area contributed by atoms with E-state index in [2.05, 4.69) is 50.5 Å². The highest BCUT2D eigenvalue weighted by Gasteiger charge is 2.31. The summed E-state index contributed by atoms with van der Waals surface area (Å²) in [4.78, 5) is 0. The topological polar surface area (TPSA) is 12.0 Å². The van der Waals surface area contributed by atoms with Crippen LogP contribution in [-0.4, -0.2) is 13.6 Å². The third-order valence-corrected chi connectivity index (χ3v) is 4.69. The van der Waals surface area contributed by atoms with Crippen LogP contribution >= 0.6 is 0 Å². The van der Waals surface area contributed by atoms with Gasteiger partial charge >= 0.3 is 0 Å². The maximum absolute atomic E-state index is 3.43. The van der Waals surface area contributed by atoms with E-state index in [1.165, 1.54) is 56.2 Å². The van der Waals surface area contributed by atoms with Gasteiger partial charge in [0, 0.05) is 6.54 Å². The van der Waals surface area contributed by atoms with Crippen molar-refractivity contribution in [1.29, 1.82) is 0 Å². The molecule has 1 fully saturated rings. The zero-order valence-corrected chi connectivity index (χ0v) is 12.8. The van der Waals surface area contributed by atoms with Gasteiger partial charge in [0.25, 0.3) is 0 Å². The van der Waals surface area contributed by atoms with Crippen LogP contribution in [-0.2, 0) is 6.42 Å². The van der Waals surface area contributed by atoms with Gasteiger partial charge in [-0.3, -0.25) is 0 Å². The van der Waals surface area contributed by atoms with Crippen LogP contribution in [0.4, 0.5) is 0 Å². The normalized spacial score (nSPS) is 18.7. The van der Waals surface area contributed by atoms with E-state index in [1.807, 2.05) is 0 Å². The lowest BCUT2D eigenvalue weighted by atomic mass is 9.70. The fourth-order valence-corrected chi connectivity index (χ4v) is 3.55. The summed E-state index contributed by atoms with van der Waals surface area (Å²) in [7, 11) is 2.10. The van der Waals surface area contributed by atoms with Crippen LogP contribution < -0.4 is 5.32 Å². The molecule has 1 heteroatoms. The van der Waals surface area contributed by atoms with Gasteiger partial charge in [-0.2, -0.15) is 0 Å². The maximum Gasteiger partial charge on any atom is 0.000799 e. The fourth-order valence-electron chi connectivity index (χ4n) is 3.55. The predicted molar refractivity (Wildman–Crippen MR) is 83.7 cm³/mol. The lowest BCUT2D eigenvalue weighted by Gasteiger charge is -2.37. The summed E-state index contributed by atoms with van der Waals surface area (Å²) in [6, 6.07) is 9.33. The van der Waals surface area contributed by atoms with Crippen LogP contribution in [0.1, 0.15) is 63.0 Å². The van der Waals surface area contributed by atoms with E-state index in [1.54, 1.807) is 0 Å². The molecule has 0 bridgehead atoms. The van der Waals surface area contributed by atoms with Crippen LogP contribution in [0.15, 0.2) is 24.3 Å². The van der Waals surface area contributed by atoms with Crippen molar-refractivity contribution in [2.45, 2.75) is 58.3 Å². The number of hydrogen-bond acceptors (Lipinski definition) is 1. The average molecular weight is 259 g/mol. The second kappa shape index (κ2) is 6.56. The second-order valence-corrected chi connectivity index (χ2v) is 6.66. The summed E-state index contributed by atoms with van der Waals surface area (Å²) in [6.45, 7) is 5.69. The van der Waals surface area contributed by atoms with Crippen molar-refractivity contribution in [2.75, 3.05) is 13.6 Å². The smallest absolute Gasteiger partial charge is 0.000799 e. The van der Waals surface area contributed by atoms with Gasteiger partial charge in [0.15, 0.2) is 0 Å². The van der Waals surface area contributed by atoms with Crippen LogP contribution in [0.5, 0.6) is 0 Å². The van der Waals surface area contributed by atoms with Crippen molar-refractivity contribution >= 4 is 0 Å². The Kier molecular flexibility index (Phi) is 5.04. The first-order valence-corrected chi connectivity index (χ1v) is 7.89. The van der Waals surface area contributed by atoms with E-state index >= 15 is 0 Å². The molecule has 2 rings (SSSR count). The first-order chi connectivity index (χ1) is 9.15. The molecule has 1 N–H and O–H groups in total. The highest BCUT2D eigenvalue weighted by Crippen LogP contribution is 2.38. The lowest BCUT2D eigenvalue weighted by Crippen LogP contribution is -2.36. The Morgan fingerprint density at radius 3 is 2.21 bits per heavy atom. The van der Waals surface area contributed by atoms with E-state index < -0.39 is 0 Å². The Bertz CT molecular complexity index is 366. The molecule has 0 aromatic heterocycles. The average Bonchev–Trinajstić information content (AvgIpc) is 2.40. The molecule has 0 spiro atoms. The van der Waals surface area contributed by atoms with Crippen molar-refractivity contribution in [3.05, 3.63) is 35.4 Å². The van der Waals surface area contributed by atoms with Crippen molar-refractivity contribution in [1.82, 2.24) is 5.32 Å². The summed E-state index contributed by atoms with van der Waals surface area (Å²) in [5, 5.41) is 3.43. The van der Waals surface area contributed by atoms with Gasteiger partial charge in [-0.15, -0.1) is 0 Å². The monoisotopic (exact) mass is 259 g/mol. The number of hydrogen-bond donors (Lipinski definition) is 1. The minimum Gasteiger partial charge on any atom is -0.319 e. The van der Waals surface area contributed by atoms with Gasteiger partial charge in [-0.05, 0) is 48.8 Å². The number of nitrogens with one attached hydrogen (secondary N) is 1. The summed E-state index contributed by atoms with van der Waals surface area (Å²) in [5.41, 5.74) is 3.48. The van der Waals surface area contributed by atoms with Crippen LogP contribution in [0.3, 0.4) is 0 Å². The van der Waals surface area contributed by atoms with E-state index in [0.717, 1.165) is 0 Å². The Hall–Kier alpha value is -0.820. The molecule has 0 unspecified atom stereocenters. The molecule has 0 saturated heterocycles. The molecule has 0 radical (unpaired) electrons. The van der Waals surface area contributed by atoms with Gasteiger partial charge < -0.3 is 5.32 Å². The van der Waals surface area contributed by atoms with Gasteiger partial charge in [-0.1, -0.05) is 57.4 Å². The highest BCUT2D eigenvalue weighted by atomic mass is 14.8. The minimum absolute atomic E-state index is 0.506. The van der Waals surface area contributed by atoms with Crippen molar-refractivity contribution in [2.24, 2.45) is 5.41 Å². The van der Waals surface area contributed by atoms with E-state index in [4.69, 9.17) is 0 Å². The zero-order valence-electron chi connectivity index (χ0n) is 12.8. The maximum atomic E-state index is 3.43. The minimum atomic E-state index is 0.506. The largest absolute Gasteiger partial charge is 0.319 e. The molecule has 1 aromatic rings. The molecule has 0 atom stereocenters. The second-order valence-electron chi connectivity index (χ2n) is 6.66. The summed E-state index contributed by atoms with van der Waals surface area (Å²) < 4.78 is 0. The van der Waals surface area contributed by atoms with Crippen molar-refractivity contribution < 1.29 is 0 Å². The summed E-state index contributed by atoms with van der Waals surface area (Å²) >= 11 is 0. The third kappa shape index (κ3) is 3.82. The Morgan fingerprint density at radius 1 is 1.05 bits per heavy atom. The molecule has 1 aromatic carbocycles. The molecular formula is C18H29N. The van der Waals surface area contributed by atoms with E-state index in [0.29, 0.717) is 11.3 Å². The summed E-state index contributed by atoms with van der Waals surface area (Å²) in [6.07, 6.45) is 8.26. The van der Waals surface area contributed by atoms with Gasteiger partial charge in [0.2, 0.25) is 0 Å². The fraction of sp³-hybridized carbons (Fsp3) is 0.667. The van der Waals surface area contributed by atoms with Gasteiger partial charge in [0.1, 0.15) is 0 Å². The van der Waals surface area contributed by atoms with E-state index in [-0.39, 0.29) is 0 Å². The molecule has 1 saturated carbocycles. The molecule has 0 aliphatic heterocycles. The lowest BCUT2D eigenvalue weighted by molar-refractivity contribution is 0.185. The molecule has 1 aliphatic rings. The standard InChI is InChI=1S/C18H29N/c1-15(2)17-9-7-16(8-10-17)13-18(14-19-3)11-5-4-6-12-18/h7-10,15,19H,4-6,11-14H2,1-3H3. The predicted octanol–water partition coefficient (Wildman–Crippen LogP) is 4.52. The Morgan fingerprint density at radius 2 is 1.68 bits per heavy atom. The van der Waals surface area contributed by atoms with Crippen LogP contribution in [0.2, 0.25) is 0 Å². The van der Waals surface area contributed by atoms with E-state index in [9.17, 15) is 0 Å². The molecule has 0 heterocycles. The quantitative estimate of drug-likeness (QED) is 0.819. The van der Waals surface area contributed by atoms with Crippen molar-refractivity contribution in [3.63, 3.8) is 0 Å². The molecule has 0 amide bonds. The zero-order chi connectivity index (χ0) is 13.7. The van der Waals surface area contributed by atoms with Crippen molar-refractivity contribution in [3.8, 4) is 0 Å².